The van der Waals surface area contributed by atoms with Gasteiger partial charge >= 0.3 is 5.97 Å². The van der Waals surface area contributed by atoms with E-state index in [-0.39, 0.29) is 17.8 Å². The zero-order valence-electron chi connectivity index (χ0n) is 12.4. The summed E-state index contributed by atoms with van der Waals surface area (Å²) < 4.78 is 5.31. The molecular weight excluding hydrogens is 314 g/mol. The Kier molecular flexibility index (Phi) is 4.63. The highest BCUT2D eigenvalue weighted by atomic mass is 35.5. The van der Waals surface area contributed by atoms with Crippen molar-refractivity contribution in [3.05, 3.63) is 59.1 Å². The third-order valence-electron chi connectivity index (χ3n) is 3.89. The number of amides is 1. The molecule has 0 saturated heterocycles. The van der Waals surface area contributed by atoms with Gasteiger partial charge in [0.2, 0.25) is 0 Å². The fourth-order valence-electron chi connectivity index (χ4n) is 2.29. The van der Waals surface area contributed by atoms with Crippen molar-refractivity contribution in [3.8, 4) is 5.75 Å². The van der Waals surface area contributed by atoms with Gasteiger partial charge in [0.1, 0.15) is 5.75 Å². The Balaban J connectivity index is 1.62. The molecule has 118 valence electrons. The smallest absolute Gasteiger partial charge is 0.314 e. The Morgan fingerprint density at radius 1 is 1.04 bits per heavy atom. The van der Waals surface area contributed by atoms with Gasteiger partial charge in [-0.25, -0.2) is 0 Å². The van der Waals surface area contributed by atoms with Crippen molar-refractivity contribution in [2.24, 2.45) is 5.92 Å². The summed E-state index contributed by atoms with van der Waals surface area (Å²) in [5, 5.41) is 3.16. The van der Waals surface area contributed by atoms with E-state index in [0.29, 0.717) is 22.0 Å². The minimum Gasteiger partial charge on any atom is -0.426 e. The molecule has 1 fully saturated rings. The second-order valence-electron chi connectivity index (χ2n) is 5.51. The van der Waals surface area contributed by atoms with Gasteiger partial charge in [-0.15, -0.1) is 0 Å². The van der Waals surface area contributed by atoms with Crippen molar-refractivity contribution in [2.45, 2.75) is 19.3 Å². The molecule has 0 aliphatic heterocycles. The lowest BCUT2D eigenvalue weighted by atomic mass is 9.86. The van der Waals surface area contributed by atoms with Crippen LogP contribution in [0.5, 0.6) is 5.75 Å². The molecule has 0 spiro atoms. The summed E-state index contributed by atoms with van der Waals surface area (Å²) in [5.41, 5.74) is 1.02. The Morgan fingerprint density at radius 2 is 1.74 bits per heavy atom. The van der Waals surface area contributed by atoms with E-state index in [4.69, 9.17) is 16.3 Å². The fourth-order valence-corrected chi connectivity index (χ4v) is 2.52. The standard InChI is InChI=1S/C18H16ClNO3/c19-16-7-2-1-6-15(16)17(21)20-13-8-10-14(11-9-13)23-18(22)12-4-3-5-12/h1-2,6-12H,3-5H2,(H,20,21). The summed E-state index contributed by atoms with van der Waals surface area (Å²) in [6.07, 6.45) is 2.91. The number of rotatable bonds is 4. The maximum absolute atomic E-state index is 12.2. The van der Waals surface area contributed by atoms with Crippen LogP contribution >= 0.6 is 11.6 Å². The van der Waals surface area contributed by atoms with E-state index < -0.39 is 0 Å². The number of anilines is 1. The van der Waals surface area contributed by atoms with Gasteiger partial charge in [0.05, 0.1) is 16.5 Å². The van der Waals surface area contributed by atoms with Crippen LogP contribution in [0.25, 0.3) is 0 Å². The number of ether oxygens (including phenoxy) is 1. The molecule has 3 rings (SSSR count). The summed E-state index contributed by atoms with van der Waals surface area (Å²) in [6.45, 7) is 0. The summed E-state index contributed by atoms with van der Waals surface area (Å²) in [5.74, 6) is 0.0613. The summed E-state index contributed by atoms with van der Waals surface area (Å²) in [7, 11) is 0. The van der Waals surface area contributed by atoms with E-state index in [1.165, 1.54) is 0 Å². The summed E-state index contributed by atoms with van der Waals surface area (Å²) in [4.78, 5) is 23.9. The quantitative estimate of drug-likeness (QED) is 0.672. The summed E-state index contributed by atoms with van der Waals surface area (Å²) in [6, 6.07) is 13.6. The van der Waals surface area contributed by atoms with Crippen LogP contribution in [0.4, 0.5) is 5.69 Å². The molecule has 0 bridgehead atoms. The van der Waals surface area contributed by atoms with E-state index in [0.717, 1.165) is 19.3 Å². The van der Waals surface area contributed by atoms with Gasteiger partial charge in [-0.05, 0) is 49.2 Å². The largest absolute Gasteiger partial charge is 0.426 e. The van der Waals surface area contributed by atoms with Gasteiger partial charge in [-0.1, -0.05) is 30.2 Å². The highest BCUT2D eigenvalue weighted by molar-refractivity contribution is 6.34. The van der Waals surface area contributed by atoms with Gasteiger partial charge < -0.3 is 10.1 Å². The van der Waals surface area contributed by atoms with Crippen molar-refractivity contribution >= 4 is 29.2 Å². The Morgan fingerprint density at radius 3 is 2.35 bits per heavy atom. The maximum atomic E-state index is 12.2. The normalized spacial score (nSPS) is 14.0. The number of esters is 1. The monoisotopic (exact) mass is 329 g/mol. The first-order valence-electron chi connectivity index (χ1n) is 7.51. The molecule has 0 aromatic heterocycles. The SMILES string of the molecule is O=C(Nc1ccc(OC(=O)C2CCC2)cc1)c1ccccc1Cl. The van der Waals surface area contributed by atoms with Crippen LogP contribution in [0.15, 0.2) is 48.5 Å². The zero-order chi connectivity index (χ0) is 16.2. The molecule has 23 heavy (non-hydrogen) atoms. The van der Waals surface area contributed by atoms with E-state index >= 15 is 0 Å². The van der Waals surface area contributed by atoms with Crippen LogP contribution in [0, 0.1) is 5.92 Å². The van der Waals surface area contributed by atoms with Gasteiger partial charge in [-0.3, -0.25) is 9.59 Å². The van der Waals surface area contributed by atoms with Crippen LogP contribution in [0.3, 0.4) is 0 Å². The van der Waals surface area contributed by atoms with Gasteiger partial charge in [0.25, 0.3) is 5.91 Å². The topological polar surface area (TPSA) is 55.4 Å². The molecule has 0 atom stereocenters. The number of benzene rings is 2. The molecule has 1 saturated carbocycles. The molecule has 0 radical (unpaired) electrons. The number of nitrogens with one attached hydrogen (secondary N) is 1. The zero-order valence-corrected chi connectivity index (χ0v) is 13.2. The number of halogens is 1. The molecule has 4 nitrogen and oxygen atoms in total. The first-order chi connectivity index (χ1) is 11.1. The van der Waals surface area contributed by atoms with Crippen LogP contribution in [-0.4, -0.2) is 11.9 Å². The molecular formula is C18H16ClNO3. The average molecular weight is 330 g/mol. The predicted octanol–water partition coefficient (Wildman–Crippen LogP) is 4.30. The molecule has 0 unspecified atom stereocenters. The van der Waals surface area contributed by atoms with Gasteiger partial charge in [0.15, 0.2) is 0 Å². The second kappa shape index (κ2) is 6.84. The maximum Gasteiger partial charge on any atom is 0.314 e. The third kappa shape index (κ3) is 3.71. The van der Waals surface area contributed by atoms with Crippen LogP contribution < -0.4 is 10.1 Å². The molecule has 1 N–H and O–H groups in total. The molecule has 2 aromatic rings. The number of carbonyl (C=O) groups is 2. The average Bonchev–Trinajstić information content (AvgIpc) is 2.48. The second-order valence-corrected chi connectivity index (χ2v) is 5.91. The highest BCUT2D eigenvalue weighted by Crippen LogP contribution is 2.28. The van der Waals surface area contributed by atoms with E-state index in [2.05, 4.69) is 5.32 Å². The van der Waals surface area contributed by atoms with Gasteiger partial charge in [-0.2, -0.15) is 0 Å². The molecule has 1 aliphatic carbocycles. The first kappa shape index (κ1) is 15.6. The molecule has 5 heteroatoms. The molecule has 1 aliphatic rings. The minimum atomic E-state index is -0.283. The summed E-state index contributed by atoms with van der Waals surface area (Å²) >= 11 is 6.00. The first-order valence-corrected chi connectivity index (χ1v) is 7.89. The van der Waals surface area contributed by atoms with Gasteiger partial charge in [0, 0.05) is 5.69 Å². The number of carbonyl (C=O) groups excluding carboxylic acids is 2. The molecule has 1 amide bonds. The lowest BCUT2D eigenvalue weighted by Crippen LogP contribution is -2.26. The van der Waals surface area contributed by atoms with Crippen LogP contribution in [0.2, 0.25) is 5.02 Å². The predicted molar refractivity (Wildman–Crippen MR) is 88.8 cm³/mol. The van der Waals surface area contributed by atoms with Crippen molar-refractivity contribution in [2.75, 3.05) is 5.32 Å². The molecule has 0 heterocycles. The van der Waals surface area contributed by atoms with Crippen molar-refractivity contribution in [1.29, 1.82) is 0 Å². The van der Waals surface area contributed by atoms with E-state index in [9.17, 15) is 9.59 Å². The minimum absolute atomic E-state index is 0.0367. The van der Waals surface area contributed by atoms with Crippen LogP contribution in [-0.2, 0) is 4.79 Å². The number of hydrogen-bond donors (Lipinski definition) is 1. The number of hydrogen-bond acceptors (Lipinski definition) is 3. The molecule has 2 aromatic carbocycles. The van der Waals surface area contributed by atoms with Crippen molar-refractivity contribution in [1.82, 2.24) is 0 Å². The highest BCUT2D eigenvalue weighted by Gasteiger charge is 2.27. The fraction of sp³-hybridized carbons (Fsp3) is 0.222. The Hall–Kier alpha value is -2.33. The van der Waals surface area contributed by atoms with E-state index in [1.54, 1.807) is 48.5 Å². The van der Waals surface area contributed by atoms with Crippen molar-refractivity contribution < 1.29 is 14.3 Å². The lowest BCUT2D eigenvalue weighted by molar-refractivity contribution is -0.141. The Labute approximate surface area is 139 Å². The van der Waals surface area contributed by atoms with Crippen molar-refractivity contribution in [3.63, 3.8) is 0 Å². The third-order valence-corrected chi connectivity index (χ3v) is 4.22. The lowest BCUT2D eigenvalue weighted by Gasteiger charge is -2.22. The van der Waals surface area contributed by atoms with E-state index in [1.807, 2.05) is 0 Å². The Bertz CT molecular complexity index is 723. The van der Waals surface area contributed by atoms with Crippen LogP contribution in [0.1, 0.15) is 29.6 Å².